The highest BCUT2D eigenvalue weighted by Crippen LogP contribution is 2.18. The molecular formula is C11H24N2O. The second-order valence-electron chi connectivity index (χ2n) is 4.74. The maximum atomic E-state index is 9.02. The minimum absolute atomic E-state index is 0.257. The van der Waals surface area contributed by atoms with E-state index in [2.05, 4.69) is 19.2 Å². The Bertz CT molecular complexity index is 163. The molecule has 0 amide bonds. The highest BCUT2D eigenvalue weighted by molar-refractivity contribution is 4.82. The summed E-state index contributed by atoms with van der Waals surface area (Å²) in [7, 11) is 0. The molecule has 0 aromatic rings. The molecule has 0 aliphatic heterocycles. The number of hydrogen-bond donors (Lipinski definition) is 3. The minimum Gasteiger partial charge on any atom is -0.396 e. The fourth-order valence-corrected chi connectivity index (χ4v) is 2.07. The monoisotopic (exact) mass is 200 g/mol. The highest BCUT2D eigenvalue weighted by atomic mass is 16.3. The first-order chi connectivity index (χ1) is 6.63. The van der Waals surface area contributed by atoms with Crippen LogP contribution in [0.5, 0.6) is 0 Å². The van der Waals surface area contributed by atoms with Gasteiger partial charge in [-0.2, -0.15) is 0 Å². The maximum Gasteiger partial charge on any atom is 0.0471 e. The summed E-state index contributed by atoms with van der Waals surface area (Å²) in [5, 5.41) is 12.6. The molecule has 3 nitrogen and oxygen atoms in total. The molecule has 4 atom stereocenters. The summed E-state index contributed by atoms with van der Waals surface area (Å²) in [6, 6.07) is 1.32. The van der Waals surface area contributed by atoms with Crippen LogP contribution in [-0.2, 0) is 0 Å². The summed E-state index contributed by atoms with van der Waals surface area (Å²) in [6.45, 7) is 4.47. The lowest BCUT2D eigenvalue weighted by molar-refractivity contribution is 0.192. The number of aliphatic hydroxyl groups excluding tert-OH is 1. The van der Waals surface area contributed by atoms with Crippen molar-refractivity contribution in [1.29, 1.82) is 0 Å². The van der Waals surface area contributed by atoms with Gasteiger partial charge in [0.25, 0.3) is 0 Å². The summed E-state index contributed by atoms with van der Waals surface area (Å²) >= 11 is 0. The molecule has 1 saturated carbocycles. The average Bonchev–Trinajstić information content (AvgIpc) is 2.16. The van der Waals surface area contributed by atoms with Crippen LogP contribution in [0, 0.1) is 5.92 Å². The van der Waals surface area contributed by atoms with E-state index >= 15 is 0 Å². The Kier molecular flexibility index (Phi) is 4.85. The Balaban J connectivity index is 2.28. The molecule has 4 unspecified atom stereocenters. The van der Waals surface area contributed by atoms with Gasteiger partial charge in [0.15, 0.2) is 0 Å². The second-order valence-corrected chi connectivity index (χ2v) is 4.74. The van der Waals surface area contributed by atoms with Gasteiger partial charge in [0.1, 0.15) is 0 Å². The zero-order chi connectivity index (χ0) is 10.6. The van der Waals surface area contributed by atoms with Gasteiger partial charge in [-0.3, -0.25) is 0 Å². The van der Waals surface area contributed by atoms with Gasteiger partial charge in [-0.05, 0) is 32.1 Å². The molecule has 3 heteroatoms. The van der Waals surface area contributed by atoms with Gasteiger partial charge in [-0.25, -0.2) is 0 Å². The first kappa shape index (κ1) is 12.0. The third kappa shape index (κ3) is 3.56. The molecule has 1 fully saturated rings. The van der Waals surface area contributed by atoms with E-state index in [-0.39, 0.29) is 6.61 Å². The van der Waals surface area contributed by atoms with Gasteiger partial charge in [0.2, 0.25) is 0 Å². The Morgan fingerprint density at radius 1 is 1.43 bits per heavy atom. The summed E-state index contributed by atoms with van der Waals surface area (Å²) in [4.78, 5) is 0. The van der Waals surface area contributed by atoms with Crippen LogP contribution < -0.4 is 11.1 Å². The first-order valence-corrected chi connectivity index (χ1v) is 5.76. The van der Waals surface area contributed by atoms with Crippen LogP contribution in [0.4, 0.5) is 0 Å². The highest BCUT2D eigenvalue weighted by Gasteiger charge is 2.21. The van der Waals surface area contributed by atoms with Gasteiger partial charge in [-0.15, -0.1) is 0 Å². The van der Waals surface area contributed by atoms with Gasteiger partial charge in [0, 0.05) is 24.7 Å². The van der Waals surface area contributed by atoms with E-state index in [0.717, 1.165) is 6.42 Å². The predicted octanol–water partition coefficient (Wildman–Crippen LogP) is 0.863. The van der Waals surface area contributed by atoms with Gasteiger partial charge < -0.3 is 16.2 Å². The van der Waals surface area contributed by atoms with Crippen molar-refractivity contribution in [3.63, 3.8) is 0 Å². The summed E-state index contributed by atoms with van der Waals surface area (Å²) in [6.07, 6.45) is 4.72. The molecule has 0 saturated heterocycles. The van der Waals surface area contributed by atoms with Crippen molar-refractivity contribution in [2.24, 2.45) is 11.7 Å². The second kappa shape index (κ2) is 5.69. The molecule has 14 heavy (non-hydrogen) atoms. The number of nitrogens with one attached hydrogen (secondary N) is 1. The van der Waals surface area contributed by atoms with Crippen molar-refractivity contribution in [3.8, 4) is 0 Å². The van der Waals surface area contributed by atoms with Gasteiger partial charge in [-0.1, -0.05) is 13.3 Å². The van der Waals surface area contributed by atoms with Crippen molar-refractivity contribution in [2.45, 2.75) is 57.7 Å². The van der Waals surface area contributed by atoms with Crippen molar-refractivity contribution in [3.05, 3.63) is 0 Å². The van der Waals surface area contributed by atoms with Crippen LogP contribution in [0.15, 0.2) is 0 Å². The quantitative estimate of drug-likeness (QED) is 0.631. The van der Waals surface area contributed by atoms with Crippen molar-refractivity contribution in [2.75, 3.05) is 6.61 Å². The Hall–Kier alpha value is -0.120. The molecule has 0 spiro atoms. The van der Waals surface area contributed by atoms with Crippen LogP contribution in [-0.4, -0.2) is 29.8 Å². The van der Waals surface area contributed by atoms with E-state index < -0.39 is 0 Å². The molecule has 1 aliphatic carbocycles. The number of nitrogens with two attached hydrogens (primary N) is 1. The van der Waals surface area contributed by atoms with Gasteiger partial charge in [0.05, 0.1) is 0 Å². The largest absolute Gasteiger partial charge is 0.396 e. The van der Waals surface area contributed by atoms with E-state index in [9.17, 15) is 0 Å². The van der Waals surface area contributed by atoms with E-state index in [1.165, 1.54) is 19.3 Å². The van der Waals surface area contributed by atoms with Crippen molar-refractivity contribution < 1.29 is 5.11 Å². The number of aliphatic hydroxyl groups is 1. The molecule has 4 N–H and O–H groups in total. The number of hydrogen-bond acceptors (Lipinski definition) is 3. The van der Waals surface area contributed by atoms with Crippen LogP contribution in [0.3, 0.4) is 0 Å². The molecule has 0 bridgehead atoms. The molecule has 0 radical (unpaired) electrons. The average molecular weight is 200 g/mol. The lowest BCUT2D eigenvalue weighted by Crippen LogP contribution is -2.45. The first-order valence-electron chi connectivity index (χ1n) is 5.76. The molecule has 1 rings (SSSR count). The minimum atomic E-state index is 0.257. The van der Waals surface area contributed by atoms with E-state index in [1.807, 2.05) is 0 Å². The predicted molar refractivity (Wildman–Crippen MR) is 59.1 cm³/mol. The van der Waals surface area contributed by atoms with E-state index in [1.54, 1.807) is 0 Å². The lowest BCUT2D eigenvalue weighted by atomic mass is 9.90. The molecule has 84 valence electrons. The van der Waals surface area contributed by atoms with Crippen LogP contribution >= 0.6 is 0 Å². The summed E-state index contributed by atoms with van der Waals surface area (Å²) in [5.74, 6) is 0.327. The molecular weight excluding hydrogens is 176 g/mol. The Morgan fingerprint density at radius 3 is 2.71 bits per heavy atom. The Morgan fingerprint density at radius 2 is 2.14 bits per heavy atom. The third-order valence-corrected chi connectivity index (χ3v) is 3.35. The van der Waals surface area contributed by atoms with E-state index in [4.69, 9.17) is 10.8 Å². The van der Waals surface area contributed by atoms with Crippen LogP contribution in [0.1, 0.15) is 39.5 Å². The standard InChI is InChI=1S/C11H24N2O/c1-8(7-14)9(2)13-11-5-3-4-10(12)6-11/h8-11,13-14H,3-7,12H2,1-2H3. The molecule has 0 heterocycles. The third-order valence-electron chi connectivity index (χ3n) is 3.35. The normalized spacial score (nSPS) is 32.6. The van der Waals surface area contributed by atoms with E-state index in [0.29, 0.717) is 24.0 Å². The molecule has 0 aromatic heterocycles. The number of rotatable bonds is 4. The Labute approximate surface area is 87.1 Å². The van der Waals surface area contributed by atoms with Crippen LogP contribution in [0.2, 0.25) is 0 Å². The fraction of sp³-hybridized carbons (Fsp3) is 1.00. The fourth-order valence-electron chi connectivity index (χ4n) is 2.07. The van der Waals surface area contributed by atoms with Crippen molar-refractivity contribution in [1.82, 2.24) is 5.32 Å². The van der Waals surface area contributed by atoms with Crippen molar-refractivity contribution >= 4 is 0 Å². The molecule has 1 aliphatic rings. The summed E-state index contributed by atoms with van der Waals surface area (Å²) in [5.41, 5.74) is 5.92. The zero-order valence-corrected chi connectivity index (χ0v) is 9.37. The van der Waals surface area contributed by atoms with Gasteiger partial charge >= 0.3 is 0 Å². The maximum absolute atomic E-state index is 9.02. The smallest absolute Gasteiger partial charge is 0.0471 e. The molecule has 0 aromatic carbocycles. The topological polar surface area (TPSA) is 58.3 Å². The SMILES string of the molecule is CC(CO)C(C)NC1CCCC(N)C1. The van der Waals surface area contributed by atoms with Crippen LogP contribution in [0.25, 0.3) is 0 Å². The summed E-state index contributed by atoms with van der Waals surface area (Å²) < 4.78 is 0. The zero-order valence-electron chi connectivity index (χ0n) is 9.37. The lowest BCUT2D eigenvalue weighted by Gasteiger charge is -2.31.